The highest BCUT2D eigenvalue weighted by atomic mass is 19.4. The Morgan fingerprint density at radius 2 is 1.77 bits per heavy atom. The topological polar surface area (TPSA) is 73.0 Å². The van der Waals surface area contributed by atoms with Gasteiger partial charge in [-0.2, -0.15) is 5.10 Å². The average Bonchev–Trinajstić information content (AvgIpc) is 3.47. The molecule has 5 rings (SSSR count). The number of benzene rings is 1. The summed E-state index contributed by atoms with van der Waals surface area (Å²) in [7, 11) is 0. The van der Waals surface area contributed by atoms with Crippen LogP contribution in [0.25, 0.3) is 17.1 Å². The lowest BCUT2D eigenvalue weighted by Gasteiger charge is -2.28. The van der Waals surface area contributed by atoms with Crippen LogP contribution in [0, 0.1) is 6.92 Å². The van der Waals surface area contributed by atoms with Gasteiger partial charge in [0, 0.05) is 50.0 Å². The number of anilines is 1. The Kier molecular flexibility index (Phi) is 6.16. The number of hydrogen-bond acceptors (Lipinski definition) is 6. The molecule has 4 heterocycles. The molecule has 0 unspecified atom stereocenters. The summed E-state index contributed by atoms with van der Waals surface area (Å²) in [6.07, 6.45) is 0.509. The van der Waals surface area contributed by atoms with Gasteiger partial charge < -0.3 is 19.5 Å². The lowest BCUT2D eigenvalue weighted by molar-refractivity contribution is -0.274. The lowest BCUT2D eigenvalue weighted by atomic mass is 10.2. The first-order valence-corrected chi connectivity index (χ1v) is 11.2. The van der Waals surface area contributed by atoms with Gasteiger partial charge in [-0.05, 0) is 55.0 Å². The molecule has 1 aromatic carbocycles. The van der Waals surface area contributed by atoms with Crippen molar-refractivity contribution in [1.82, 2.24) is 29.6 Å². The van der Waals surface area contributed by atoms with E-state index in [9.17, 15) is 13.2 Å². The van der Waals surface area contributed by atoms with Crippen LogP contribution in [0.1, 0.15) is 11.3 Å². The zero-order chi connectivity index (χ0) is 24.4. The molecular weight excluding hydrogens is 459 g/mol. The molecule has 0 aliphatic carbocycles. The monoisotopic (exact) mass is 483 g/mol. The van der Waals surface area contributed by atoms with Gasteiger partial charge in [0.15, 0.2) is 0 Å². The molecule has 0 amide bonds. The van der Waals surface area contributed by atoms with Crippen LogP contribution < -0.4 is 15.0 Å². The molecule has 11 heteroatoms. The number of rotatable bonds is 6. The summed E-state index contributed by atoms with van der Waals surface area (Å²) in [5.41, 5.74) is 4.14. The number of aryl methyl sites for hydroxylation is 1. The third-order valence-corrected chi connectivity index (χ3v) is 5.78. The maximum atomic E-state index is 12.4. The zero-order valence-corrected chi connectivity index (χ0v) is 19.0. The first-order chi connectivity index (χ1) is 16.8. The van der Waals surface area contributed by atoms with Crippen molar-refractivity contribution in [1.29, 1.82) is 0 Å². The van der Waals surface area contributed by atoms with Gasteiger partial charge in [-0.15, -0.1) is 13.2 Å². The highest BCUT2D eigenvalue weighted by Gasteiger charge is 2.31. The van der Waals surface area contributed by atoms with Gasteiger partial charge in [-0.25, -0.2) is 9.97 Å². The third kappa shape index (κ3) is 5.46. The van der Waals surface area contributed by atoms with E-state index in [1.54, 1.807) is 17.1 Å². The molecule has 0 bridgehead atoms. The summed E-state index contributed by atoms with van der Waals surface area (Å²) < 4.78 is 44.7. The van der Waals surface area contributed by atoms with Crippen molar-refractivity contribution in [2.75, 3.05) is 31.1 Å². The maximum Gasteiger partial charge on any atom is 0.573 e. The Morgan fingerprint density at radius 1 is 1.00 bits per heavy atom. The number of halogens is 3. The van der Waals surface area contributed by atoms with Crippen molar-refractivity contribution in [3.63, 3.8) is 0 Å². The predicted octanol–water partition coefficient (Wildman–Crippen LogP) is 3.80. The van der Waals surface area contributed by atoms with E-state index in [1.165, 1.54) is 24.3 Å². The van der Waals surface area contributed by atoms with Crippen molar-refractivity contribution < 1.29 is 17.9 Å². The molecule has 1 fully saturated rings. The number of piperazine rings is 1. The summed E-state index contributed by atoms with van der Waals surface area (Å²) in [6.45, 7) is 6.36. The molecule has 3 aromatic heterocycles. The van der Waals surface area contributed by atoms with Crippen LogP contribution in [0.15, 0.2) is 61.2 Å². The molecule has 1 aliphatic rings. The van der Waals surface area contributed by atoms with Gasteiger partial charge in [-0.3, -0.25) is 4.68 Å². The Morgan fingerprint density at radius 3 is 2.51 bits per heavy atom. The van der Waals surface area contributed by atoms with E-state index in [2.05, 4.69) is 31.0 Å². The van der Waals surface area contributed by atoms with Crippen LogP contribution >= 0.6 is 0 Å². The molecule has 182 valence electrons. The summed E-state index contributed by atoms with van der Waals surface area (Å²) in [4.78, 5) is 11.2. The molecule has 0 spiro atoms. The van der Waals surface area contributed by atoms with E-state index >= 15 is 0 Å². The molecule has 0 radical (unpaired) electrons. The Bertz CT molecular complexity index is 1290. The van der Waals surface area contributed by atoms with Crippen LogP contribution in [-0.2, 0) is 6.54 Å². The minimum absolute atomic E-state index is 0.271. The van der Waals surface area contributed by atoms with Gasteiger partial charge in [0.05, 0.1) is 12.9 Å². The van der Waals surface area contributed by atoms with E-state index in [-0.39, 0.29) is 5.75 Å². The van der Waals surface area contributed by atoms with Gasteiger partial charge in [0.25, 0.3) is 0 Å². The van der Waals surface area contributed by atoms with Crippen LogP contribution in [-0.4, -0.2) is 56.9 Å². The van der Waals surface area contributed by atoms with E-state index in [1.807, 2.05) is 29.9 Å². The average molecular weight is 483 g/mol. The molecule has 1 N–H and O–H groups in total. The number of alkyl halides is 3. The van der Waals surface area contributed by atoms with E-state index in [0.717, 1.165) is 48.9 Å². The number of ether oxygens (including phenoxy) is 1. The van der Waals surface area contributed by atoms with Crippen molar-refractivity contribution in [3.8, 4) is 22.8 Å². The van der Waals surface area contributed by atoms with E-state index < -0.39 is 6.36 Å². The second-order valence-corrected chi connectivity index (χ2v) is 8.30. The standard InChI is InChI=1S/C24H24F3N7O/c1-17-12-21(22-15-33(16-30-22)19-2-4-20(5-3-19)35-24(25,26)27)31-34(17)14-18-6-7-29-23(13-18)32-10-8-28-9-11-32/h2-7,12-13,15-16,28H,8-11,14H2,1H3. The number of imidazole rings is 1. The summed E-state index contributed by atoms with van der Waals surface area (Å²) in [6, 6.07) is 11.7. The molecule has 1 saturated heterocycles. The molecular formula is C24H24F3N7O. The van der Waals surface area contributed by atoms with Crippen molar-refractivity contribution >= 4 is 5.82 Å². The van der Waals surface area contributed by atoms with Crippen molar-refractivity contribution in [3.05, 3.63) is 72.4 Å². The lowest BCUT2D eigenvalue weighted by Crippen LogP contribution is -2.43. The third-order valence-electron chi connectivity index (χ3n) is 5.78. The molecule has 0 atom stereocenters. The fourth-order valence-corrected chi connectivity index (χ4v) is 4.01. The van der Waals surface area contributed by atoms with Gasteiger partial charge >= 0.3 is 6.36 Å². The molecule has 4 aromatic rings. The smallest absolute Gasteiger partial charge is 0.406 e. The number of nitrogens with one attached hydrogen (secondary N) is 1. The second kappa shape index (κ2) is 9.41. The molecule has 0 saturated carbocycles. The number of nitrogens with zero attached hydrogens (tertiary/aromatic N) is 6. The molecule has 1 aliphatic heterocycles. The van der Waals surface area contributed by atoms with Crippen LogP contribution in [0.4, 0.5) is 19.0 Å². The van der Waals surface area contributed by atoms with Crippen LogP contribution in [0.3, 0.4) is 0 Å². The van der Waals surface area contributed by atoms with E-state index in [4.69, 9.17) is 5.10 Å². The second-order valence-electron chi connectivity index (χ2n) is 8.30. The summed E-state index contributed by atoms with van der Waals surface area (Å²) >= 11 is 0. The minimum Gasteiger partial charge on any atom is -0.406 e. The Balaban J connectivity index is 1.30. The van der Waals surface area contributed by atoms with Gasteiger partial charge in [0.1, 0.15) is 23.0 Å². The van der Waals surface area contributed by atoms with Gasteiger partial charge in [0.2, 0.25) is 0 Å². The fraction of sp³-hybridized carbons (Fsp3) is 0.292. The Labute approximate surface area is 200 Å². The first kappa shape index (κ1) is 22.9. The zero-order valence-electron chi connectivity index (χ0n) is 19.0. The van der Waals surface area contributed by atoms with Crippen LogP contribution in [0.2, 0.25) is 0 Å². The Hall–Kier alpha value is -3.86. The van der Waals surface area contributed by atoms with Crippen molar-refractivity contribution in [2.24, 2.45) is 0 Å². The summed E-state index contributed by atoms with van der Waals surface area (Å²) in [5, 5.41) is 8.08. The quantitative estimate of drug-likeness (QED) is 0.450. The number of hydrogen-bond donors (Lipinski definition) is 1. The van der Waals surface area contributed by atoms with Crippen molar-refractivity contribution in [2.45, 2.75) is 19.8 Å². The maximum absolute atomic E-state index is 12.4. The number of pyridine rings is 1. The van der Waals surface area contributed by atoms with E-state index in [0.29, 0.717) is 17.9 Å². The SMILES string of the molecule is Cc1cc(-c2cn(-c3ccc(OC(F)(F)F)cc3)cn2)nn1Cc1ccnc(N2CCNCC2)c1. The highest BCUT2D eigenvalue weighted by Crippen LogP contribution is 2.25. The predicted molar refractivity (Wildman–Crippen MR) is 125 cm³/mol. The molecule has 35 heavy (non-hydrogen) atoms. The first-order valence-electron chi connectivity index (χ1n) is 11.2. The van der Waals surface area contributed by atoms with Crippen LogP contribution in [0.5, 0.6) is 5.75 Å². The highest BCUT2D eigenvalue weighted by molar-refractivity contribution is 5.55. The normalized spacial score (nSPS) is 14.3. The summed E-state index contributed by atoms with van der Waals surface area (Å²) in [5.74, 6) is 0.701. The molecule has 8 nitrogen and oxygen atoms in total. The number of aromatic nitrogens is 5. The largest absolute Gasteiger partial charge is 0.573 e. The minimum atomic E-state index is -4.72. The fourth-order valence-electron chi connectivity index (χ4n) is 4.01. The van der Waals surface area contributed by atoms with Gasteiger partial charge in [-0.1, -0.05) is 0 Å².